The molecule has 2 aromatic rings. The van der Waals surface area contributed by atoms with Gasteiger partial charge in [-0.15, -0.1) is 0 Å². The van der Waals surface area contributed by atoms with E-state index in [9.17, 15) is 5.11 Å². The van der Waals surface area contributed by atoms with E-state index in [2.05, 4.69) is 23.1 Å². The molecule has 1 unspecified atom stereocenters. The standard InChI is InChI=1S/C25H34N2O2/c26-21-12-16-27(17-13-21)19-24(25(28)14-5-2-6-15-25)20-8-7-11-23(18-20)29-22-9-3-1-4-10-22/h1,3-4,7-11,18,21,24,28H,2,5-6,12-17,19,26H2. The summed E-state index contributed by atoms with van der Waals surface area (Å²) in [5.41, 5.74) is 6.65. The molecule has 29 heavy (non-hydrogen) atoms. The van der Waals surface area contributed by atoms with E-state index in [4.69, 9.17) is 10.5 Å². The summed E-state index contributed by atoms with van der Waals surface area (Å²) in [6.45, 7) is 2.93. The third kappa shape index (κ3) is 5.19. The lowest BCUT2D eigenvalue weighted by Gasteiger charge is -2.43. The Balaban J connectivity index is 1.57. The minimum Gasteiger partial charge on any atom is -0.457 e. The van der Waals surface area contributed by atoms with Crippen LogP contribution in [0.2, 0.25) is 0 Å². The van der Waals surface area contributed by atoms with Crippen LogP contribution in [0.4, 0.5) is 0 Å². The normalized spacial score (nSPS) is 21.6. The molecule has 2 aromatic carbocycles. The van der Waals surface area contributed by atoms with Crippen LogP contribution in [0, 0.1) is 0 Å². The molecule has 4 rings (SSSR count). The van der Waals surface area contributed by atoms with Crippen LogP contribution in [0.15, 0.2) is 54.6 Å². The Morgan fingerprint density at radius 3 is 2.38 bits per heavy atom. The number of benzene rings is 2. The minimum absolute atomic E-state index is 0.0939. The van der Waals surface area contributed by atoms with Crippen LogP contribution in [-0.2, 0) is 0 Å². The van der Waals surface area contributed by atoms with Gasteiger partial charge < -0.3 is 20.5 Å². The Bertz CT molecular complexity index is 765. The Labute approximate surface area is 174 Å². The van der Waals surface area contributed by atoms with Gasteiger partial charge in [-0.1, -0.05) is 49.6 Å². The molecule has 2 fully saturated rings. The molecule has 2 aliphatic rings. The number of nitrogens with two attached hydrogens (primary N) is 1. The second-order valence-electron chi connectivity index (χ2n) is 8.84. The maximum atomic E-state index is 11.7. The summed E-state index contributed by atoms with van der Waals surface area (Å²) in [5.74, 6) is 1.76. The number of ether oxygens (including phenoxy) is 1. The Hall–Kier alpha value is -1.88. The Kier molecular flexibility index (Phi) is 6.53. The summed E-state index contributed by atoms with van der Waals surface area (Å²) in [5, 5.41) is 11.7. The molecule has 4 heteroatoms. The van der Waals surface area contributed by atoms with Gasteiger partial charge in [0.15, 0.2) is 0 Å². The monoisotopic (exact) mass is 394 g/mol. The smallest absolute Gasteiger partial charge is 0.127 e. The molecule has 1 atom stereocenters. The summed E-state index contributed by atoms with van der Waals surface area (Å²) in [6.07, 6.45) is 7.30. The van der Waals surface area contributed by atoms with Crippen molar-refractivity contribution in [2.75, 3.05) is 19.6 Å². The van der Waals surface area contributed by atoms with Crippen LogP contribution in [0.3, 0.4) is 0 Å². The van der Waals surface area contributed by atoms with Gasteiger partial charge in [0.25, 0.3) is 0 Å². The molecular formula is C25H34N2O2. The van der Waals surface area contributed by atoms with Gasteiger partial charge in [0.05, 0.1) is 5.60 Å². The van der Waals surface area contributed by atoms with Crippen molar-refractivity contribution in [3.63, 3.8) is 0 Å². The van der Waals surface area contributed by atoms with Crippen molar-refractivity contribution in [3.05, 3.63) is 60.2 Å². The zero-order valence-electron chi connectivity index (χ0n) is 17.3. The molecule has 3 N–H and O–H groups in total. The largest absolute Gasteiger partial charge is 0.457 e. The van der Waals surface area contributed by atoms with Crippen LogP contribution in [0.5, 0.6) is 11.5 Å². The highest BCUT2D eigenvalue weighted by molar-refractivity contribution is 5.36. The average molecular weight is 395 g/mol. The van der Waals surface area contributed by atoms with E-state index in [1.807, 2.05) is 36.4 Å². The number of likely N-dealkylation sites (tertiary alicyclic amines) is 1. The van der Waals surface area contributed by atoms with Crippen LogP contribution in [-0.4, -0.2) is 41.3 Å². The zero-order valence-corrected chi connectivity index (χ0v) is 17.3. The Morgan fingerprint density at radius 2 is 1.66 bits per heavy atom. The fraction of sp³-hybridized carbons (Fsp3) is 0.520. The maximum absolute atomic E-state index is 11.7. The average Bonchev–Trinajstić information content (AvgIpc) is 2.75. The summed E-state index contributed by atoms with van der Waals surface area (Å²) in [4.78, 5) is 2.49. The molecule has 1 heterocycles. The van der Waals surface area contributed by atoms with Crippen molar-refractivity contribution < 1.29 is 9.84 Å². The van der Waals surface area contributed by atoms with Gasteiger partial charge in [-0.3, -0.25) is 0 Å². The maximum Gasteiger partial charge on any atom is 0.127 e. The Morgan fingerprint density at radius 1 is 0.966 bits per heavy atom. The van der Waals surface area contributed by atoms with Crippen LogP contribution >= 0.6 is 0 Å². The van der Waals surface area contributed by atoms with E-state index < -0.39 is 5.60 Å². The SMILES string of the molecule is NC1CCN(CC(c2cccc(Oc3ccccc3)c2)C2(O)CCCCC2)CC1. The molecule has 0 amide bonds. The number of aliphatic hydroxyl groups is 1. The van der Waals surface area contributed by atoms with Crippen LogP contribution in [0.25, 0.3) is 0 Å². The lowest BCUT2D eigenvalue weighted by Crippen LogP contribution is -2.47. The van der Waals surface area contributed by atoms with Gasteiger partial charge in [0.2, 0.25) is 0 Å². The van der Waals surface area contributed by atoms with Crippen molar-refractivity contribution >= 4 is 0 Å². The van der Waals surface area contributed by atoms with E-state index in [1.54, 1.807) is 0 Å². The van der Waals surface area contributed by atoms with Crippen LogP contribution in [0.1, 0.15) is 56.4 Å². The second kappa shape index (κ2) is 9.29. The lowest BCUT2D eigenvalue weighted by atomic mass is 9.72. The quantitative estimate of drug-likeness (QED) is 0.747. The first-order chi connectivity index (χ1) is 14.1. The van der Waals surface area contributed by atoms with Gasteiger partial charge in [0.1, 0.15) is 11.5 Å². The zero-order chi connectivity index (χ0) is 20.1. The first-order valence-corrected chi connectivity index (χ1v) is 11.2. The molecule has 156 valence electrons. The molecular weight excluding hydrogens is 360 g/mol. The van der Waals surface area contributed by atoms with Gasteiger partial charge in [-0.05, 0) is 68.6 Å². The van der Waals surface area contributed by atoms with Crippen molar-refractivity contribution in [1.29, 1.82) is 0 Å². The second-order valence-corrected chi connectivity index (χ2v) is 8.84. The van der Waals surface area contributed by atoms with Crippen molar-refractivity contribution in [2.24, 2.45) is 5.73 Å². The highest BCUT2D eigenvalue weighted by Crippen LogP contribution is 2.41. The van der Waals surface area contributed by atoms with E-state index >= 15 is 0 Å². The molecule has 0 radical (unpaired) electrons. The van der Waals surface area contributed by atoms with Gasteiger partial charge in [0, 0.05) is 18.5 Å². The van der Waals surface area contributed by atoms with E-state index in [-0.39, 0.29) is 5.92 Å². The van der Waals surface area contributed by atoms with E-state index in [0.717, 1.165) is 69.7 Å². The van der Waals surface area contributed by atoms with Crippen molar-refractivity contribution in [1.82, 2.24) is 4.90 Å². The predicted octanol–water partition coefficient (Wildman–Crippen LogP) is 4.68. The number of piperidine rings is 1. The van der Waals surface area contributed by atoms with E-state index in [1.165, 1.54) is 12.0 Å². The first kappa shape index (κ1) is 20.4. The van der Waals surface area contributed by atoms with E-state index in [0.29, 0.717) is 6.04 Å². The lowest BCUT2D eigenvalue weighted by molar-refractivity contribution is -0.0324. The summed E-state index contributed by atoms with van der Waals surface area (Å²) >= 11 is 0. The number of hydrogen-bond acceptors (Lipinski definition) is 4. The molecule has 1 saturated heterocycles. The molecule has 1 aliphatic carbocycles. The van der Waals surface area contributed by atoms with Gasteiger partial charge in [-0.2, -0.15) is 0 Å². The van der Waals surface area contributed by atoms with Crippen molar-refractivity contribution in [2.45, 2.75) is 62.5 Å². The number of para-hydroxylation sites is 1. The number of hydrogen-bond donors (Lipinski definition) is 2. The first-order valence-electron chi connectivity index (χ1n) is 11.2. The molecule has 4 nitrogen and oxygen atoms in total. The molecule has 0 spiro atoms. The highest BCUT2D eigenvalue weighted by Gasteiger charge is 2.40. The predicted molar refractivity (Wildman–Crippen MR) is 117 cm³/mol. The number of rotatable bonds is 6. The number of nitrogens with zero attached hydrogens (tertiary/aromatic N) is 1. The fourth-order valence-corrected chi connectivity index (χ4v) is 4.91. The summed E-state index contributed by atoms with van der Waals surface area (Å²) in [7, 11) is 0. The third-order valence-corrected chi connectivity index (χ3v) is 6.68. The van der Waals surface area contributed by atoms with Gasteiger partial charge in [-0.25, -0.2) is 0 Å². The molecule has 1 aliphatic heterocycles. The van der Waals surface area contributed by atoms with Gasteiger partial charge >= 0.3 is 0 Å². The van der Waals surface area contributed by atoms with Crippen molar-refractivity contribution in [3.8, 4) is 11.5 Å². The molecule has 0 bridgehead atoms. The fourth-order valence-electron chi connectivity index (χ4n) is 4.91. The highest BCUT2D eigenvalue weighted by atomic mass is 16.5. The molecule has 1 saturated carbocycles. The van der Waals surface area contributed by atoms with Crippen LogP contribution < -0.4 is 10.5 Å². The topological polar surface area (TPSA) is 58.7 Å². The molecule has 0 aromatic heterocycles. The summed E-state index contributed by atoms with van der Waals surface area (Å²) < 4.78 is 6.08. The third-order valence-electron chi connectivity index (χ3n) is 6.68. The minimum atomic E-state index is -0.636. The summed E-state index contributed by atoms with van der Waals surface area (Å²) in [6, 6.07) is 18.5.